The third kappa shape index (κ3) is 3.93. The molecule has 1 aliphatic heterocycles. The second-order valence-corrected chi connectivity index (χ2v) is 5.56. The third-order valence-electron chi connectivity index (χ3n) is 3.91. The van der Waals surface area contributed by atoms with E-state index in [9.17, 15) is 13.6 Å². The number of hydrogen-bond acceptors (Lipinski definition) is 2. The Kier molecular flexibility index (Phi) is 4.67. The Morgan fingerprint density at radius 1 is 1.13 bits per heavy atom. The summed E-state index contributed by atoms with van der Waals surface area (Å²) in [5.41, 5.74) is 1.49. The normalized spacial score (nSPS) is 18.0. The van der Waals surface area contributed by atoms with E-state index in [-0.39, 0.29) is 30.1 Å². The van der Waals surface area contributed by atoms with Gasteiger partial charge in [-0.1, -0.05) is 24.3 Å². The lowest BCUT2D eigenvalue weighted by Crippen LogP contribution is -2.43. The summed E-state index contributed by atoms with van der Waals surface area (Å²) in [5, 5.41) is 0. The third-order valence-corrected chi connectivity index (χ3v) is 3.91. The lowest BCUT2D eigenvalue weighted by molar-refractivity contribution is -0.138. The highest BCUT2D eigenvalue weighted by atomic mass is 19.1. The number of nitrogens with zero attached hydrogens (tertiary/aromatic N) is 1. The molecule has 0 bridgehead atoms. The van der Waals surface area contributed by atoms with Crippen LogP contribution in [0.25, 0.3) is 0 Å². The first-order chi connectivity index (χ1) is 11.1. The van der Waals surface area contributed by atoms with Crippen LogP contribution in [-0.4, -0.2) is 30.5 Å². The SMILES string of the molecule is O=C(Cc1cccc(F)c1)N1CCOC(c2ccc(F)cc2)C1. The monoisotopic (exact) mass is 317 g/mol. The van der Waals surface area contributed by atoms with Crippen molar-refractivity contribution in [1.29, 1.82) is 0 Å². The van der Waals surface area contributed by atoms with Gasteiger partial charge in [0.05, 0.1) is 19.6 Å². The van der Waals surface area contributed by atoms with Crippen LogP contribution in [0.3, 0.4) is 0 Å². The standard InChI is InChI=1S/C18H17F2NO2/c19-15-6-4-14(5-7-15)17-12-21(8-9-23-17)18(22)11-13-2-1-3-16(20)10-13/h1-7,10,17H,8-9,11-12H2. The Morgan fingerprint density at radius 2 is 1.91 bits per heavy atom. The van der Waals surface area contributed by atoms with Crippen LogP contribution in [0.5, 0.6) is 0 Å². The zero-order valence-electron chi connectivity index (χ0n) is 12.5. The van der Waals surface area contributed by atoms with Gasteiger partial charge in [0.2, 0.25) is 5.91 Å². The van der Waals surface area contributed by atoms with Crippen LogP contribution >= 0.6 is 0 Å². The number of ether oxygens (including phenoxy) is 1. The Balaban J connectivity index is 1.65. The smallest absolute Gasteiger partial charge is 0.227 e. The maximum atomic E-state index is 13.2. The van der Waals surface area contributed by atoms with Gasteiger partial charge in [-0.25, -0.2) is 8.78 Å². The number of rotatable bonds is 3. The number of morpholine rings is 1. The molecular weight excluding hydrogens is 300 g/mol. The Bertz CT molecular complexity index is 688. The lowest BCUT2D eigenvalue weighted by atomic mass is 10.1. The highest BCUT2D eigenvalue weighted by Gasteiger charge is 2.25. The van der Waals surface area contributed by atoms with Crippen molar-refractivity contribution in [3.8, 4) is 0 Å². The minimum atomic E-state index is -0.346. The fourth-order valence-electron chi connectivity index (χ4n) is 2.69. The molecule has 3 rings (SSSR count). The summed E-state index contributed by atoms with van der Waals surface area (Å²) >= 11 is 0. The van der Waals surface area contributed by atoms with Gasteiger partial charge in [0.25, 0.3) is 0 Å². The molecule has 1 heterocycles. The van der Waals surface area contributed by atoms with Gasteiger partial charge < -0.3 is 9.64 Å². The summed E-state index contributed by atoms with van der Waals surface area (Å²) in [7, 11) is 0. The molecule has 120 valence electrons. The topological polar surface area (TPSA) is 29.5 Å². The Morgan fingerprint density at radius 3 is 2.65 bits per heavy atom. The van der Waals surface area contributed by atoms with E-state index in [0.29, 0.717) is 25.3 Å². The zero-order chi connectivity index (χ0) is 16.2. The van der Waals surface area contributed by atoms with Crippen molar-refractivity contribution in [3.05, 3.63) is 71.3 Å². The van der Waals surface area contributed by atoms with E-state index >= 15 is 0 Å². The summed E-state index contributed by atoms with van der Waals surface area (Å²) < 4.78 is 31.9. The van der Waals surface area contributed by atoms with Gasteiger partial charge in [-0.3, -0.25) is 4.79 Å². The predicted octanol–water partition coefficient (Wildman–Crippen LogP) is 3.11. The molecular formula is C18H17F2NO2. The van der Waals surface area contributed by atoms with Crippen LogP contribution in [-0.2, 0) is 16.0 Å². The van der Waals surface area contributed by atoms with Gasteiger partial charge in [-0.2, -0.15) is 0 Å². The molecule has 1 saturated heterocycles. The van der Waals surface area contributed by atoms with Gasteiger partial charge in [0, 0.05) is 6.54 Å². The van der Waals surface area contributed by atoms with Gasteiger partial charge in [-0.15, -0.1) is 0 Å². The molecule has 0 spiro atoms. The second kappa shape index (κ2) is 6.87. The van der Waals surface area contributed by atoms with Crippen molar-refractivity contribution in [3.63, 3.8) is 0 Å². The fourth-order valence-corrected chi connectivity index (χ4v) is 2.69. The molecule has 2 aromatic carbocycles. The Labute approximate surface area is 133 Å². The molecule has 0 radical (unpaired) electrons. The maximum Gasteiger partial charge on any atom is 0.227 e. The van der Waals surface area contributed by atoms with Crippen LogP contribution in [0.4, 0.5) is 8.78 Å². The van der Waals surface area contributed by atoms with E-state index in [2.05, 4.69) is 0 Å². The van der Waals surface area contributed by atoms with Crippen molar-refractivity contribution in [2.24, 2.45) is 0 Å². The molecule has 1 unspecified atom stereocenters. The van der Waals surface area contributed by atoms with E-state index in [4.69, 9.17) is 4.74 Å². The van der Waals surface area contributed by atoms with Gasteiger partial charge in [-0.05, 0) is 35.4 Å². The number of carbonyl (C=O) groups excluding carboxylic acids is 1. The zero-order valence-corrected chi connectivity index (χ0v) is 12.5. The molecule has 1 amide bonds. The van der Waals surface area contributed by atoms with Crippen LogP contribution < -0.4 is 0 Å². The molecule has 0 aliphatic carbocycles. The first kappa shape index (κ1) is 15.6. The van der Waals surface area contributed by atoms with Crippen LogP contribution in [0.2, 0.25) is 0 Å². The second-order valence-electron chi connectivity index (χ2n) is 5.56. The quantitative estimate of drug-likeness (QED) is 0.870. The largest absolute Gasteiger partial charge is 0.370 e. The molecule has 0 aromatic heterocycles. The summed E-state index contributed by atoms with van der Waals surface area (Å²) in [6.07, 6.45) is -0.103. The van der Waals surface area contributed by atoms with Crippen molar-refractivity contribution in [2.45, 2.75) is 12.5 Å². The van der Waals surface area contributed by atoms with E-state index in [1.54, 1.807) is 29.2 Å². The number of benzene rings is 2. The van der Waals surface area contributed by atoms with Crippen molar-refractivity contribution in [2.75, 3.05) is 19.7 Å². The summed E-state index contributed by atoms with van der Waals surface area (Å²) in [6.45, 7) is 1.35. The maximum absolute atomic E-state index is 13.2. The number of halogens is 2. The van der Waals surface area contributed by atoms with E-state index < -0.39 is 0 Å². The summed E-state index contributed by atoms with van der Waals surface area (Å²) in [5.74, 6) is -0.712. The van der Waals surface area contributed by atoms with Gasteiger partial charge in [0.15, 0.2) is 0 Å². The molecule has 0 saturated carbocycles. The van der Waals surface area contributed by atoms with Crippen molar-refractivity contribution >= 4 is 5.91 Å². The highest BCUT2D eigenvalue weighted by molar-refractivity contribution is 5.78. The summed E-state index contributed by atoms with van der Waals surface area (Å²) in [6, 6.07) is 12.2. The highest BCUT2D eigenvalue weighted by Crippen LogP contribution is 2.23. The number of carbonyl (C=O) groups is 1. The molecule has 3 nitrogen and oxygen atoms in total. The first-order valence-corrected chi connectivity index (χ1v) is 7.51. The van der Waals surface area contributed by atoms with Crippen LogP contribution in [0.1, 0.15) is 17.2 Å². The van der Waals surface area contributed by atoms with Gasteiger partial charge >= 0.3 is 0 Å². The molecule has 5 heteroatoms. The number of hydrogen-bond donors (Lipinski definition) is 0. The van der Waals surface area contributed by atoms with E-state index in [1.165, 1.54) is 24.3 Å². The number of amides is 1. The van der Waals surface area contributed by atoms with Gasteiger partial charge in [0.1, 0.15) is 17.7 Å². The van der Waals surface area contributed by atoms with E-state index in [1.807, 2.05) is 0 Å². The van der Waals surface area contributed by atoms with E-state index in [0.717, 1.165) is 5.56 Å². The minimum Gasteiger partial charge on any atom is -0.370 e. The average Bonchev–Trinajstić information content (AvgIpc) is 2.56. The Hall–Kier alpha value is -2.27. The lowest BCUT2D eigenvalue weighted by Gasteiger charge is -2.33. The van der Waals surface area contributed by atoms with Crippen LogP contribution in [0.15, 0.2) is 48.5 Å². The van der Waals surface area contributed by atoms with Crippen LogP contribution in [0, 0.1) is 11.6 Å². The first-order valence-electron chi connectivity index (χ1n) is 7.51. The molecule has 23 heavy (non-hydrogen) atoms. The molecule has 0 N–H and O–H groups in total. The predicted molar refractivity (Wildman–Crippen MR) is 81.8 cm³/mol. The summed E-state index contributed by atoms with van der Waals surface area (Å²) in [4.78, 5) is 14.1. The van der Waals surface area contributed by atoms with Crippen molar-refractivity contribution < 1.29 is 18.3 Å². The van der Waals surface area contributed by atoms with Crippen molar-refractivity contribution in [1.82, 2.24) is 4.90 Å². The fraction of sp³-hybridized carbons (Fsp3) is 0.278. The average molecular weight is 317 g/mol. The molecule has 1 fully saturated rings. The molecule has 2 aromatic rings. The minimum absolute atomic E-state index is 0.0639. The molecule has 1 atom stereocenters. The molecule has 1 aliphatic rings.